The molecule has 2 atom stereocenters. The lowest BCUT2D eigenvalue weighted by Gasteiger charge is -2.35. The number of benzene rings is 2. The van der Waals surface area contributed by atoms with Crippen molar-refractivity contribution in [1.82, 2.24) is 9.29 Å². The van der Waals surface area contributed by atoms with E-state index in [2.05, 4.69) is 16.0 Å². The van der Waals surface area contributed by atoms with Crippen molar-refractivity contribution in [2.24, 2.45) is 11.8 Å². The van der Waals surface area contributed by atoms with E-state index in [9.17, 15) is 13.3 Å². The Bertz CT molecular complexity index is 1400. The fraction of sp³-hybridized carbons (Fsp3) is 0.452. The molecular weight excluding hydrogens is 542 g/mol. The molecule has 218 valence electrons. The van der Waals surface area contributed by atoms with Gasteiger partial charge in [0, 0.05) is 37.0 Å². The lowest BCUT2D eigenvalue weighted by atomic mass is 9.95. The number of rotatable bonds is 8. The molecule has 0 amide bonds. The number of aryl methyl sites for hydroxylation is 1. The number of fused-ring (bicyclic) bond motifs is 3. The minimum Gasteiger partial charge on any atom is -0.593 e. The first-order chi connectivity index (χ1) is 19.8. The topological polar surface area (TPSA) is 97.7 Å². The zero-order chi connectivity index (χ0) is 28.7. The number of hydrogen-bond acceptors (Lipinski definition) is 7. The van der Waals surface area contributed by atoms with E-state index in [4.69, 9.17) is 11.6 Å². The zero-order valence-corrected chi connectivity index (χ0v) is 24.3. The molecule has 0 spiro atoms. The summed E-state index contributed by atoms with van der Waals surface area (Å²) in [5.74, 6) is 7.53. The Kier molecular flexibility index (Phi) is 8.09. The molecule has 0 bridgehead atoms. The number of anilines is 3. The molecule has 2 unspecified atom stereocenters. The maximum atomic E-state index is 14.3. The number of hydrogen-bond donors (Lipinski definition) is 2. The van der Waals surface area contributed by atoms with E-state index < -0.39 is 17.8 Å². The number of hydrazine groups is 1. The van der Waals surface area contributed by atoms with Crippen molar-refractivity contribution in [2.75, 3.05) is 35.3 Å². The maximum Gasteiger partial charge on any atom is 0.266 e. The summed E-state index contributed by atoms with van der Waals surface area (Å²) in [6.45, 7) is 4.75. The maximum absolute atomic E-state index is 14.3. The van der Waals surface area contributed by atoms with E-state index in [1.165, 1.54) is 5.01 Å². The molecule has 1 saturated carbocycles. The van der Waals surface area contributed by atoms with Crippen LogP contribution >= 0.6 is 0 Å². The standard InChI is InChI=1S/C31H38F2N6OS/c1-20-7-8-22(15-23-11-12-26(29(34)28(23)30(32)33)39(35)17-21-9-10-21)16-24(20)18-37-19-25-5-2-3-14-38(25)31-27(41(37)40)6-4-13-36-31/h4,6-8,11-13,16,21,25,30H,2-3,5,9-10,14-15,17-19,34-35H2,1H3. The van der Waals surface area contributed by atoms with Crippen LogP contribution in [0.4, 0.5) is 26.0 Å². The highest BCUT2D eigenvalue weighted by atomic mass is 32.2. The van der Waals surface area contributed by atoms with E-state index in [-0.39, 0.29) is 17.3 Å². The highest BCUT2D eigenvalue weighted by molar-refractivity contribution is 7.89. The molecule has 3 aliphatic rings. The van der Waals surface area contributed by atoms with Gasteiger partial charge in [0.15, 0.2) is 5.82 Å². The fourth-order valence-corrected chi connectivity index (χ4v) is 7.56. The predicted octanol–water partition coefficient (Wildman–Crippen LogP) is 5.49. The van der Waals surface area contributed by atoms with Crippen molar-refractivity contribution in [1.29, 1.82) is 0 Å². The smallest absolute Gasteiger partial charge is 0.266 e. The summed E-state index contributed by atoms with van der Waals surface area (Å²) in [6, 6.07) is 13.6. The number of aromatic nitrogens is 1. The lowest BCUT2D eigenvalue weighted by molar-refractivity contribution is 0.151. The molecule has 3 aromatic rings. The van der Waals surface area contributed by atoms with Gasteiger partial charge in [-0.15, -0.1) is 4.31 Å². The van der Waals surface area contributed by atoms with Crippen LogP contribution in [0.2, 0.25) is 0 Å². The van der Waals surface area contributed by atoms with Gasteiger partial charge in [-0.25, -0.2) is 19.6 Å². The Morgan fingerprint density at radius 2 is 1.95 bits per heavy atom. The molecule has 41 heavy (non-hydrogen) atoms. The third-order valence-electron chi connectivity index (χ3n) is 8.68. The first-order valence-corrected chi connectivity index (χ1v) is 15.6. The summed E-state index contributed by atoms with van der Waals surface area (Å²) in [5.41, 5.74) is 10.2. The number of piperidine rings is 1. The zero-order valence-electron chi connectivity index (χ0n) is 23.4. The normalized spacial score (nSPS) is 21.0. The van der Waals surface area contributed by atoms with Crippen LogP contribution in [-0.2, 0) is 24.3 Å². The second-order valence-corrected chi connectivity index (χ2v) is 13.1. The number of halogens is 2. The molecule has 2 fully saturated rings. The van der Waals surface area contributed by atoms with Gasteiger partial charge in [-0.1, -0.05) is 24.3 Å². The number of nitrogen functional groups attached to an aromatic ring is 1. The van der Waals surface area contributed by atoms with Crippen LogP contribution in [0.3, 0.4) is 0 Å². The monoisotopic (exact) mass is 580 g/mol. The Balaban J connectivity index is 1.26. The van der Waals surface area contributed by atoms with Crippen LogP contribution in [0.25, 0.3) is 0 Å². The summed E-state index contributed by atoms with van der Waals surface area (Å²) in [5, 5.41) is 1.51. The van der Waals surface area contributed by atoms with Crippen LogP contribution in [0.5, 0.6) is 0 Å². The molecule has 1 saturated heterocycles. The largest absolute Gasteiger partial charge is 0.593 e. The number of nitrogens with two attached hydrogens (primary N) is 2. The first-order valence-electron chi connectivity index (χ1n) is 14.5. The number of alkyl halides is 2. The SMILES string of the molecule is Cc1ccc(Cc2ccc(N(N)CC3CC3)c(N)c2C(F)F)cc1CN1CC2CCCCN2c2ncccc2[S+]1[O-]. The van der Waals surface area contributed by atoms with E-state index >= 15 is 0 Å². The highest BCUT2D eigenvalue weighted by Crippen LogP contribution is 2.39. The fourth-order valence-electron chi connectivity index (χ4n) is 6.19. The number of nitrogens with zero attached hydrogens (tertiary/aromatic N) is 4. The second-order valence-electron chi connectivity index (χ2n) is 11.6. The van der Waals surface area contributed by atoms with E-state index in [0.717, 1.165) is 66.1 Å². The Morgan fingerprint density at radius 1 is 1.12 bits per heavy atom. The van der Waals surface area contributed by atoms with Crippen molar-refractivity contribution >= 4 is 28.6 Å². The summed E-state index contributed by atoms with van der Waals surface area (Å²) in [4.78, 5) is 7.70. The van der Waals surface area contributed by atoms with Gasteiger partial charge in [0.2, 0.25) is 4.90 Å². The van der Waals surface area contributed by atoms with Gasteiger partial charge < -0.3 is 20.2 Å². The third-order valence-corrected chi connectivity index (χ3v) is 10.1. The molecule has 6 rings (SSSR count). The quantitative estimate of drug-likeness (QED) is 0.157. The minimum atomic E-state index is -2.71. The van der Waals surface area contributed by atoms with Crippen molar-refractivity contribution in [3.8, 4) is 0 Å². The van der Waals surface area contributed by atoms with Crippen LogP contribution in [0, 0.1) is 12.8 Å². The Morgan fingerprint density at radius 3 is 2.73 bits per heavy atom. The summed E-state index contributed by atoms with van der Waals surface area (Å²) < 4.78 is 44.5. The molecule has 1 aromatic heterocycles. The molecule has 1 aliphatic carbocycles. The summed E-state index contributed by atoms with van der Waals surface area (Å²) in [6.07, 6.45) is 4.89. The van der Waals surface area contributed by atoms with Gasteiger partial charge in [0.05, 0.1) is 35.8 Å². The van der Waals surface area contributed by atoms with Crippen LogP contribution in [0.15, 0.2) is 53.6 Å². The molecule has 0 radical (unpaired) electrons. The lowest BCUT2D eigenvalue weighted by Crippen LogP contribution is -2.45. The van der Waals surface area contributed by atoms with E-state index in [1.54, 1.807) is 18.3 Å². The molecule has 3 heterocycles. The molecule has 10 heteroatoms. The van der Waals surface area contributed by atoms with Crippen molar-refractivity contribution in [3.63, 3.8) is 0 Å². The van der Waals surface area contributed by atoms with Gasteiger partial charge >= 0.3 is 0 Å². The number of pyridine rings is 1. The third kappa shape index (κ3) is 5.88. The minimum absolute atomic E-state index is 0.0530. The Labute approximate surface area is 243 Å². The van der Waals surface area contributed by atoms with E-state index in [0.29, 0.717) is 43.2 Å². The summed E-state index contributed by atoms with van der Waals surface area (Å²) >= 11 is -1.36. The van der Waals surface area contributed by atoms with Crippen molar-refractivity contribution < 1.29 is 13.3 Å². The van der Waals surface area contributed by atoms with Crippen molar-refractivity contribution in [3.05, 3.63) is 76.5 Å². The van der Waals surface area contributed by atoms with E-state index in [1.807, 2.05) is 35.5 Å². The van der Waals surface area contributed by atoms with Crippen LogP contribution in [0.1, 0.15) is 66.3 Å². The van der Waals surface area contributed by atoms with Gasteiger partial charge in [-0.3, -0.25) is 0 Å². The van der Waals surface area contributed by atoms with Crippen molar-refractivity contribution in [2.45, 2.75) is 69.4 Å². The van der Waals surface area contributed by atoms with Gasteiger partial charge in [-0.05, 0) is 85.8 Å². The first kappa shape index (κ1) is 28.2. The molecule has 4 N–H and O–H groups in total. The average Bonchev–Trinajstić information content (AvgIpc) is 3.79. The van der Waals surface area contributed by atoms with Gasteiger partial charge in [-0.2, -0.15) is 0 Å². The highest BCUT2D eigenvalue weighted by Gasteiger charge is 2.39. The van der Waals surface area contributed by atoms with Gasteiger partial charge in [0.1, 0.15) is 0 Å². The molecule has 2 aliphatic heterocycles. The molecule has 7 nitrogen and oxygen atoms in total. The molecular formula is C31H38F2N6OS. The molecule has 2 aromatic carbocycles. The van der Waals surface area contributed by atoms with Crippen LogP contribution in [-0.4, -0.2) is 39.5 Å². The van der Waals surface area contributed by atoms with Gasteiger partial charge in [0.25, 0.3) is 6.43 Å². The Hall–Kier alpha value is -2.92. The second kappa shape index (κ2) is 11.8. The average molecular weight is 581 g/mol. The van der Waals surface area contributed by atoms with Crippen LogP contribution < -0.4 is 21.5 Å². The predicted molar refractivity (Wildman–Crippen MR) is 160 cm³/mol. The summed E-state index contributed by atoms with van der Waals surface area (Å²) in [7, 11) is 0.